The summed E-state index contributed by atoms with van der Waals surface area (Å²) < 4.78 is 107. The molecule has 2 rings (SSSR count). The fourth-order valence-electron chi connectivity index (χ4n) is 2.04. The van der Waals surface area contributed by atoms with Gasteiger partial charge >= 0.3 is 22.5 Å². The predicted octanol–water partition coefficient (Wildman–Crippen LogP) is 4.19. The van der Waals surface area contributed by atoms with Crippen molar-refractivity contribution in [2.45, 2.75) is 24.2 Å². The topological polar surface area (TPSA) is 61.2 Å². The molecule has 1 aromatic carbocycles. The summed E-state index contributed by atoms with van der Waals surface area (Å²) in [5.41, 5.74) is -3.57. The zero-order valence-electron chi connectivity index (χ0n) is 12.9. The van der Waals surface area contributed by atoms with Crippen molar-refractivity contribution in [1.82, 2.24) is 9.78 Å². The van der Waals surface area contributed by atoms with Gasteiger partial charge in [0.05, 0.1) is 16.8 Å². The molecule has 0 radical (unpaired) electrons. The summed E-state index contributed by atoms with van der Waals surface area (Å²) in [6, 6.07) is 0.139. The lowest BCUT2D eigenvalue weighted by atomic mass is 10.1. The summed E-state index contributed by atoms with van der Waals surface area (Å²) in [6.45, 7) is 1.23. The smallest absolute Gasteiger partial charge is 0.379 e. The second kappa shape index (κ2) is 6.34. The first kappa shape index (κ1) is 20.4. The van der Waals surface area contributed by atoms with E-state index >= 15 is 0 Å². The van der Waals surface area contributed by atoms with Crippen LogP contribution in [0.3, 0.4) is 0 Å². The molecule has 1 aromatic heterocycles. The highest BCUT2D eigenvalue weighted by atomic mass is 35.5. The number of benzene rings is 1. The second-order valence-electron chi connectivity index (χ2n) is 5.11. The van der Waals surface area contributed by atoms with Crippen LogP contribution in [0.5, 0.6) is 5.75 Å². The third-order valence-electron chi connectivity index (χ3n) is 3.12. The Morgan fingerprint density at radius 2 is 1.50 bits per heavy atom. The Morgan fingerprint density at radius 1 is 1.04 bits per heavy atom. The summed E-state index contributed by atoms with van der Waals surface area (Å²) in [7, 11) is -3.54. The van der Waals surface area contributed by atoms with Crippen LogP contribution >= 0.6 is 11.6 Å². The Labute approximate surface area is 148 Å². The number of aromatic nitrogens is 2. The number of nitrogens with zero attached hydrogens (tertiary/aromatic N) is 2. The standard InChI is InChI=1S/C13H9ClF6N2O3S/c1-6-10(11(14)22(2)21-6)26(23,24)25-9-4-7(12(15,16)17)3-8(5-9)13(18,19)20/h3-5H,1-2H3. The normalized spacial score (nSPS) is 13.1. The molecule has 0 aliphatic heterocycles. The Hall–Kier alpha value is -1.95. The maximum atomic E-state index is 12.8. The van der Waals surface area contributed by atoms with E-state index in [2.05, 4.69) is 9.28 Å². The summed E-state index contributed by atoms with van der Waals surface area (Å²) in [4.78, 5) is -0.660. The Balaban J connectivity index is 2.58. The van der Waals surface area contributed by atoms with E-state index in [4.69, 9.17) is 11.6 Å². The van der Waals surface area contributed by atoms with Crippen LogP contribution in [0.15, 0.2) is 23.1 Å². The van der Waals surface area contributed by atoms with Gasteiger partial charge < -0.3 is 4.18 Å². The number of alkyl halides is 6. The van der Waals surface area contributed by atoms with E-state index in [0.29, 0.717) is 0 Å². The Kier molecular flexibility index (Phi) is 4.96. The summed E-state index contributed by atoms with van der Waals surface area (Å²) in [5, 5.41) is 3.29. The third-order valence-corrected chi connectivity index (χ3v) is 5.06. The van der Waals surface area contributed by atoms with Crippen LogP contribution in [0, 0.1) is 6.92 Å². The molecule has 0 saturated heterocycles. The van der Waals surface area contributed by atoms with Gasteiger partial charge in [-0.05, 0) is 25.1 Å². The summed E-state index contributed by atoms with van der Waals surface area (Å²) in [5.74, 6) is -1.16. The number of aryl methyl sites for hydroxylation is 2. The second-order valence-corrected chi connectivity index (χ2v) is 6.95. The predicted molar refractivity (Wildman–Crippen MR) is 77.2 cm³/mol. The highest BCUT2D eigenvalue weighted by Crippen LogP contribution is 2.39. The number of hydrogen-bond acceptors (Lipinski definition) is 4. The van der Waals surface area contributed by atoms with Gasteiger partial charge in [0.15, 0.2) is 4.90 Å². The monoisotopic (exact) mass is 422 g/mol. The van der Waals surface area contributed by atoms with Crippen LogP contribution in [0.4, 0.5) is 26.3 Å². The zero-order valence-corrected chi connectivity index (χ0v) is 14.5. The third kappa shape index (κ3) is 4.06. The lowest BCUT2D eigenvalue weighted by Crippen LogP contribution is -2.15. The molecule has 0 fully saturated rings. The fraction of sp³-hybridized carbons (Fsp3) is 0.308. The molecule has 0 aliphatic rings. The maximum absolute atomic E-state index is 12.8. The average Bonchev–Trinajstić information content (AvgIpc) is 2.69. The molecule has 1 heterocycles. The molecule has 0 N–H and O–H groups in total. The average molecular weight is 423 g/mol. The van der Waals surface area contributed by atoms with E-state index in [1.165, 1.54) is 14.0 Å². The van der Waals surface area contributed by atoms with Crippen molar-refractivity contribution in [3.63, 3.8) is 0 Å². The number of hydrogen-bond donors (Lipinski definition) is 0. The molecular weight excluding hydrogens is 414 g/mol. The van der Waals surface area contributed by atoms with E-state index in [1.54, 1.807) is 0 Å². The molecule has 0 saturated carbocycles. The van der Waals surface area contributed by atoms with Crippen LogP contribution in [0.2, 0.25) is 5.15 Å². The molecule has 0 aliphatic carbocycles. The molecule has 26 heavy (non-hydrogen) atoms. The van der Waals surface area contributed by atoms with E-state index < -0.39 is 49.4 Å². The summed E-state index contributed by atoms with van der Waals surface area (Å²) in [6.07, 6.45) is -10.3. The number of halogens is 7. The maximum Gasteiger partial charge on any atom is 0.416 e. The first-order chi connectivity index (χ1) is 11.6. The first-order valence-corrected chi connectivity index (χ1v) is 8.34. The minimum absolute atomic E-state index is 0.138. The lowest BCUT2D eigenvalue weighted by molar-refractivity contribution is -0.143. The van der Waals surface area contributed by atoms with Gasteiger partial charge in [-0.2, -0.15) is 39.9 Å². The quantitative estimate of drug-likeness (QED) is 0.550. The van der Waals surface area contributed by atoms with Gasteiger partial charge in [0, 0.05) is 7.05 Å². The van der Waals surface area contributed by atoms with Gasteiger partial charge in [-0.15, -0.1) is 0 Å². The van der Waals surface area contributed by atoms with E-state index in [-0.39, 0.29) is 23.9 Å². The molecule has 5 nitrogen and oxygen atoms in total. The minimum Gasteiger partial charge on any atom is -0.379 e. The molecule has 13 heteroatoms. The van der Waals surface area contributed by atoms with Crippen LogP contribution in [0.25, 0.3) is 0 Å². The van der Waals surface area contributed by atoms with Crippen molar-refractivity contribution < 1.29 is 38.9 Å². The van der Waals surface area contributed by atoms with E-state index in [9.17, 15) is 34.8 Å². The minimum atomic E-state index is -5.15. The van der Waals surface area contributed by atoms with Gasteiger partial charge in [0.25, 0.3) is 0 Å². The lowest BCUT2D eigenvalue weighted by Gasteiger charge is -2.14. The van der Waals surface area contributed by atoms with Crippen LogP contribution in [-0.2, 0) is 29.5 Å². The van der Waals surface area contributed by atoms with Crippen molar-refractivity contribution in [2.24, 2.45) is 7.05 Å². The Morgan fingerprint density at radius 3 is 1.85 bits per heavy atom. The van der Waals surface area contributed by atoms with Crippen molar-refractivity contribution in [3.05, 3.63) is 40.2 Å². The van der Waals surface area contributed by atoms with E-state index in [0.717, 1.165) is 4.68 Å². The molecule has 0 atom stereocenters. The SMILES string of the molecule is Cc1nn(C)c(Cl)c1S(=O)(=O)Oc1cc(C(F)(F)F)cc(C(F)(F)F)c1. The van der Waals surface area contributed by atoms with Gasteiger partial charge in [-0.25, -0.2) is 0 Å². The Bertz CT molecular complexity index is 918. The van der Waals surface area contributed by atoms with Gasteiger partial charge in [0.1, 0.15) is 10.9 Å². The highest BCUT2D eigenvalue weighted by molar-refractivity contribution is 7.87. The van der Waals surface area contributed by atoms with Crippen molar-refractivity contribution in [1.29, 1.82) is 0 Å². The van der Waals surface area contributed by atoms with E-state index in [1.807, 2.05) is 0 Å². The van der Waals surface area contributed by atoms with Crippen molar-refractivity contribution in [3.8, 4) is 5.75 Å². The molecule has 144 valence electrons. The summed E-state index contributed by atoms with van der Waals surface area (Å²) >= 11 is 5.75. The highest BCUT2D eigenvalue weighted by Gasteiger charge is 2.38. The van der Waals surface area contributed by atoms with Crippen molar-refractivity contribution >= 4 is 21.7 Å². The molecular formula is C13H9ClF6N2O3S. The van der Waals surface area contributed by atoms with Crippen LogP contribution in [-0.4, -0.2) is 18.2 Å². The first-order valence-electron chi connectivity index (χ1n) is 6.56. The van der Waals surface area contributed by atoms with Crippen LogP contribution < -0.4 is 4.18 Å². The van der Waals surface area contributed by atoms with Crippen LogP contribution in [0.1, 0.15) is 16.8 Å². The van der Waals surface area contributed by atoms with Gasteiger partial charge in [-0.1, -0.05) is 11.6 Å². The molecule has 2 aromatic rings. The zero-order chi connectivity index (χ0) is 20.1. The van der Waals surface area contributed by atoms with Gasteiger partial charge in [-0.3, -0.25) is 4.68 Å². The van der Waals surface area contributed by atoms with Crippen molar-refractivity contribution in [2.75, 3.05) is 0 Å². The van der Waals surface area contributed by atoms with Gasteiger partial charge in [0.2, 0.25) is 0 Å². The largest absolute Gasteiger partial charge is 0.416 e. The molecule has 0 spiro atoms. The molecule has 0 amide bonds. The molecule has 0 bridgehead atoms. The molecule has 0 unspecified atom stereocenters. The fourth-order valence-corrected chi connectivity index (χ4v) is 3.67. The number of rotatable bonds is 3.